The Morgan fingerprint density at radius 1 is 1.08 bits per heavy atom. The van der Waals surface area contributed by atoms with Crippen LogP contribution < -0.4 is 10.6 Å². The molecule has 0 aromatic rings. The number of unbranched alkanes of at least 4 members (excludes halogenated alkanes) is 2. The van der Waals surface area contributed by atoms with E-state index in [0.717, 1.165) is 12.8 Å². The molecule has 0 aromatic carbocycles. The third-order valence-corrected chi connectivity index (χ3v) is 8.37. The van der Waals surface area contributed by atoms with Gasteiger partial charge in [-0.25, -0.2) is 9.59 Å². The molecule has 0 radical (unpaired) electrons. The number of carbonyl (C=O) groups excluding carboxylic acids is 3. The summed E-state index contributed by atoms with van der Waals surface area (Å²) in [7, 11) is -2.92. The summed E-state index contributed by atoms with van der Waals surface area (Å²) in [5.74, 6) is -3.38. The molecule has 13 heteroatoms. The van der Waals surface area contributed by atoms with Crippen LogP contribution in [-0.2, 0) is 32.7 Å². The Bertz CT molecular complexity index is 862. The first-order chi connectivity index (χ1) is 17.7. The number of aliphatic carboxylic acids is 1. The van der Waals surface area contributed by atoms with Gasteiger partial charge in [-0.3, -0.25) is 18.7 Å². The smallest absolute Gasteiger partial charge is 0.408 e. The highest BCUT2D eigenvalue weighted by molar-refractivity contribution is 7.54. The molecule has 220 valence electrons. The molecule has 1 heterocycles. The number of ether oxygens (including phenoxy) is 1. The van der Waals surface area contributed by atoms with Crippen LogP contribution in [0.1, 0.15) is 92.9 Å². The Morgan fingerprint density at radius 3 is 2.21 bits per heavy atom. The first-order valence-corrected chi connectivity index (χ1v) is 15.0. The lowest BCUT2D eigenvalue weighted by Gasteiger charge is -2.31. The Kier molecular flexibility index (Phi) is 13.7. The van der Waals surface area contributed by atoms with Crippen LogP contribution in [0.5, 0.6) is 0 Å². The van der Waals surface area contributed by atoms with E-state index in [-0.39, 0.29) is 13.0 Å². The van der Waals surface area contributed by atoms with Crippen molar-refractivity contribution < 1.29 is 42.6 Å². The zero-order valence-electron chi connectivity index (χ0n) is 23.8. The van der Waals surface area contributed by atoms with Crippen LogP contribution >= 0.6 is 7.60 Å². The van der Waals surface area contributed by atoms with Crippen molar-refractivity contribution in [2.75, 3.05) is 13.7 Å². The minimum atomic E-state index is -4.09. The van der Waals surface area contributed by atoms with Crippen molar-refractivity contribution in [1.82, 2.24) is 15.5 Å². The molecule has 3 N–H and O–H groups in total. The number of alkyl carbamates (subject to hydrolysis) is 1. The first kappa shape index (κ1) is 33.9. The third kappa shape index (κ3) is 10.5. The summed E-state index contributed by atoms with van der Waals surface area (Å²) in [5, 5.41) is 14.7. The molecule has 1 aliphatic rings. The second-order valence-electron chi connectivity index (χ2n) is 10.5. The van der Waals surface area contributed by atoms with E-state index in [1.54, 1.807) is 20.8 Å². The van der Waals surface area contributed by atoms with Crippen molar-refractivity contribution >= 4 is 31.5 Å². The summed E-state index contributed by atoms with van der Waals surface area (Å²) in [5.41, 5.74) is -0.753. The molecule has 3 amide bonds. The molecule has 5 atom stereocenters. The van der Waals surface area contributed by atoms with Crippen LogP contribution in [0.2, 0.25) is 0 Å². The number of nitrogens with zero attached hydrogens (tertiary/aromatic N) is 1. The maximum absolute atomic E-state index is 13.9. The molecule has 0 bridgehead atoms. The van der Waals surface area contributed by atoms with Crippen molar-refractivity contribution in [2.24, 2.45) is 0 Å². The van der Waals surface area contributed by atoms with E-state index >= 15 is 0 Å². The zero-order chi connectivity index (χ0) is 29.1. The molecule has 0 aromatic heterocycles. The van der Waals surface area contributed by atoms with Crippen molar-refractivity contribution in [1.29, 1.82) is 0 Å². The number of likely N-dealkylation sites (tertiary alicyclic amines) is 1. The van der Waals surface area contributed by atoms with Crippen LogP contribution in [0.25, 0.3) is 0 Å². The van der Waals surface area contributed by atoms with Crippen molar-refractivity contribution in [3.8, 4) is 0 Å². The Labute approximate surface area is 226 Å². The second kappa shape index (κ2) is 15.4. The quantitative estimate of drug-likeness (QED) is 0.250. The zero-order valence-corrected chi connectivity index (χ0v) is 24.7. The average molecular weight is 564 g/mol. The lowest BCUT2D eigenvalue weighted by atomic mass is 10.1. The Hall–Kier alpha value is -2.17. The second-order valence-corrected chi connectivity index (χ2v) is 12.8. The highest BCUT2D eigenvalue weighted by Crippen LogP contribution is 2.54. The molecule has 1 saturated heterocycles. The minimum absolute atomic E-state index is 0.239. The van der Waals surface area contributed by atoms with E-state index in [1.165, 1.54) is 18.9 Å². The molecule has 38 heavy (non-hydrogen) atoms. The first-order valence-electron chi connectivity index (χ1n) is 13.4. The Balaban J connectivity index is 3.09. The number of rotatable bonds is 15. The normalized spacial score (nSPS) is 19.7. The average Bonchev–Trinajstić information content (AvgIpc) is 3.32. The number of carboxylic acids is 1. The monoisotopic (exact) mass is 563 g/mol. The van der Waals surface area contributed by atoms with Crippen LogP contribution in [0.15, 0.2) is 0 Å². The van der Waals surface area contributed by atoms with Gasteiger partial charge in [0.05, 0.1) is 0 Å². The van der Waals surface area contributed by atoms with E-state index in [2.05, 4.69) is 10.6 Å². The molecule has 1 rings (SSSR count). The van der Waals surface area contributed by atoms with Gasteiger partial charge in [0.25, 0.3) is 5.91 Å². The van der Waals surface area contributed by atoms with Gasteiger partial charge in [0.15, 0.2) is 0 Å². The predicted molar refractivity (Wildman–Crippen MR) is 142 cm³/mol. The molecular formula is C25H46N3O9P. The van der Waals surface area contributed by atoms with Gasteiger partial charge in [0.2, 0.25) is 5.91 Å². The number of hydrogen-bond donors (Lipinski definition) is 3. The van der Waals surface area contributed by atoms with Gasteiger partial charge in [-0.2, -0.15) is 0 Å². The third-order valence-electron chi connectivity index (χ3n) is 6.10. The van der Waals surface area contributed by atoms with Crippen LogP contribution in [0.4, 0.5) is 4.79 Å². The van der Waals surface area contributed by atoms with E-state index in [0.29, 0.717) is 32.1 Å². The van der Waals surface area contributed by atoms with E-state index in [1.807, 2.05) is 13.8 Å². The molecule has 2 unspecified atom stereocenters. The highest BCUT2D eigenvalue weighted by Gasteiger charge is 2.43. The molecule has 12 nitrogen and oxygen atoms in total. The summed E-state index contributed by atoms with van der Waals surface area (Å²) < 4.78 is 30.1. The largest absolute Gasteiger partial charge is 0.480 e. The van der Waals surface area contributed by atoms with Gasteiger partial charge >= 0.3 is 19.7 Å². The standard InChI is InChI=1S/C25H46N3O9P/c1-8-10-13-18(26-24(33)36-25(4,5)6)21(29)27-20(15-11-9-2)38(34,35-7)37-17(3)22(30)28-16-12-14-19(28)23(31)32/h17-20H,8-16H2,1-7H3,(H,26,33)(H,27,29)(H,31,32)/t17?,18-,19-,20-,38?/m0/s1. The summed E-state index contributed by atoms with van der Waals surface area (Å²) in [6.45, 7) is 10.7. The summed E-state index contributed by atoms with van der Waals surface area (Å²) in [6.07, 6.45) is 2.17. The van der Waals surface area contributed by atoms with Crippen molar-refractivity contribution in [3.63, 3.8) is 0 Å². The maximum Gasteiger partial charge on any atom is 0.408 e. The number of nitrogens with one attached hydrogen (secondary N) is 2. The molecular weight excluding hydrogens is 517 g/mol. The lowest BCUT2D eigenvalue weighted by Crippen LogP contribution is -2.51. The van der Waals surface area contributed by atoms with E-state index in [4.69, 9.17) is 13.8 Å². The summed E-state index contributed by atoms with van der Waals surface area (Å²) in [4.78, 5) is 51.4. The van der Waals surface area contributed by atoms with Crippen LogP contribution in [0.3, 0.4) is 0 Å². The number of carboxylic acid groups (broad SMARTS) is 1. The number of carbonyl (C=O) groups is 4. The maximum atomic E-state index is 13.9. The molecule has 1 fully saturated rings. The molecule has 0 saturated carbocycles. The van der Waals surface area contributed by atoms with Gasteiger partial charge in [-0.15, -0.1) is 0 Å². The molecule has 0 spiro atoms. The fourth-order valence-electron chi connectivity index (χ4n) is 4.13. The fourth-order valence-corrected chi connectivity index (χ4v) is 5.93. The van der Waals surface area contributed by atoms with Gasteiger partial charge in [0, 0.05) is 13.7 Å². The van der Waals surface area contributed by atoms with Gasteiger partial charge in [-0.1, -0.05) is 39.5 Å². The van der Waals surface area contributed by atoms with Gasteiger partial charge in [0.1, 0.15) is 29.6 Å². The van der Waals surface area contributed by atoms with Crippen LogP contribution in [0, 0.1) is 0 Å². The van der Waals surface area contributed by atoms with Gasteiger partial charge in [-0.05, 0) is 53.4 Å². The highest BCUT2D eigenvalue weighted by atomic mass is 31.2. The Morgan fingerprint density at radius 2 is 1.68 bits per heavy atom. The lowest BCUT2D eigenvalue weighted by molar-refractivity contribution is -0.151. The predicted octanol–water partition coefficient (Wildman–Crippen LogP) is 4.02. The minimum Gasteiger partial charge on any atom is -0.480 e. The van der Waals surface area contributed by atoms with E-state index < -0.39 is 61.0 Å². The summed E-state index contributed by atoms with van der Waals surface area (Å²) in [6, 6.07) is -1.91. The van der Waals surface area contributed by atoms with E-state index in [9.17, 15) is 28.8 Å². The topological polar surface area (TPSA) is 161 Å². The fraction of sp³-hybridized carbons (Fsp3) is 0.840. The van der Waals surface area contributed by atoms with Crippen LogP contribution in [-0.4, -0.2) is 77.1 Å². The number of hydrogen-bond acceptors (Lipinski definition) is 8. The van der Waals surface area contributed by atoms with Crippen molar-refractivity contribution in [2.45, 2.75) is 122 Å². The van der Waals surface area contributed by atoms with Crippen molar-refractivity contribution in [3.05, 3.63) is 0 Å². The van der Waals surface area contributed by atoms with Gasteiger partial charge < -0.3 is 29.9 Å². The molecule has 0 aliphatic carbocycles. The SMILES string of the molecule is CCCC[C@H](NC(=O)OC(C)(C)C)C(=O)N[C@H](CCCC)P(=O)(OC)OC(C)C(=O)N1CCC[C@H]1C(=O)O. The molecule has 1 aliphatic heterocycles. The summed E-state index contributed by atoms with van der Waals surface area (Å²) >= 11 is 0. The number of amides is 3.